The lowest BCUT2D eigenvalue weighted by Crippen LogP contribution is -2.40. The molecule has 16 heavy (non-hydrogen) atoms. The molecule has 2 N–H and O–H groups in total. The van der Waals surface area contributed by atoms with Crippen molar-refractivity contribution in [2.75, 3.05) is 33.7 Å². The van der Waals surface area contributed by atoms with Crippen LogP contribution in [0, 0.1) is 0 Å². The van der Waals surface area contributed by atoms with E-state index in [1.165, 1.54) is 0 Å². The molecule has 0 atom stereocenters. The first kappa shape index (κ1) is 16.3. The van der Waals surface area contributed by atoms with Gasteiger partial charge in [0.05, 0.1) is 13.1 Å². The van der Waals surface area contributed by atoms with Gasteiger partial charge in [0.15, 0.2) is 0 Å². The van der Waals surface area contributed by atoms with E-state index in [0.717, 1.165) is 32.5 Å². The van der Waals surface area contributed by atoms with Gasteiger partial charge < -0.3 is 4.90 Å². The number of rotatable bonds is 6. The molecule has 0 saturated heterocycles. The zero-order valence-electron chi connectivity index (χ0n) is 10.1. The molecule has 0 amide bonds. The Kier molecular flexibility index (Phi) is 7.73. The summed E-state index contributed by atoms with van der Waals surface area (Å²) in [4.78, 5) is 2.12. The van der Waals surface area contributed by atoms with Gasteiger partial charge in [-0.1, -0.05) is 41.7 Å². The van der Waals surface area contributed by atoms with Crippen LogP contribution in [0.15, 0.2) is 0 Å². The molecule has 0 heterocycles. The Balaban J connectivity index is 4.48. The lowest BCUT2D eigenvalue weighted by atomic mass is 10.3. The second-order valence-corrected chi connectivity index (χ2v) is 6.31. The standard InChI is InChI=1S/C10H20Cl3N3/c1-4-6-16(8-5-7-15(2)3)9(14)10(11,12)13/h14H,4-8H2,1-3H3/p+1. The molecule has 0 fully saturated rings. The number of hydrogen-bond donors (Lipinski definition) is 1. The zero-order chi connectivity index (χ0) is 12.8. The summed E-state index contributed by atoms with van der Waals surface area (Å²) in [5, 5.41) is 0. The fraction of sp³-hybridized carbons (Fsp3) is 0.900. The van der Waals surface area contributed by atoms with Crippen LogP contribution in [0.25, 0.3) is 0 Å². The average molecular weight is 290 g/mol. The highest BCUT2D eigenvalue weighted by Gasteiger charge is 2.33. The molecular weight excluding hydrogens is 268 g/mol. The number of nitrogens with two attached hydrogens (primary N) is 1. The highest BCUT2D eigenvalue weighted by Crippen LogP contribution is 2.25. The number of hydrogen-bond acceptors (Lipinski definition) is 1. The Bertz CT molecular complexity index is 234. The van der Waals surface area contributed by atoms with Gasteiger partial charge in [-0.3, -0.25) is 10.3 Å². The van der Waals surface area contributed by atoms with Gasteiger partial charge in [0.25, 0.3) is 9.63 Å². The lowest BCUT2D eigenvalue weighted by molar-refractivity contribution is -0.530. The van der Waals surface area contributed by atoms with Crippen molar-refractivity contribution in [1.29, 1.82) is 0 Å². The van der Waals surface area contributed by atoms with Gasteiger partial charge in [0.2, 0.25) is 0 Å². The summed E-state index contributed by atoms with van der Waals surface area (Å²) in [5.41, 5.74) is 5.83. The molecule has 0 rings (SSSR count). The van der Waals surface area contributed by atoms with E-state index in [9.17, 15) is 0 Å². The van der Waals surface area contributed by atoms with Gasteiger partial charge in [-0.2, -0.15) is 0 Å². The zero-order valence-corrected chi connectivity index (χ0v) is 12.4. The summed E-state index contributed by atoms with van der Waals surface area (Å²) in [6.45, 7) is 4.69. The second kappa shape index (κ2) is 7.59. The SMILES string of the molecule is CCC[N+](CCCN(C)C)=C(N)C(Cl)(Cl)Cl. The van der Waals surface area contributed by atoms with Crippen molar-refractivity contribution < 1.29 is 4.58 Å². The van der Waals surface area contributed by atoms with E-state index in [-0.39, 0.29) is 0 Å². The van der Waals surface area contributed by atoms with Crippen molar-refractivity contribution in [1.82, 2.24) is 4.90 Å². The van der Waals surface area contributed by atoms with Crippen molar-refractivity contribution in [2.45, 2.75) is 23.6 Å². The largest absolute Gasteiger partial charge is 0.309 e. The van der Waals surface area contributed by atoms with Gasteiger partial charge in [-0.25, -0.2) is 0 Å². The Morgan fingerprint density at radius 2 is 1.81 bits per heavy atom. The van der Waals surface area contributed by atoms with Crippen molar-refractivity contribution in [3.8, 4) is 0 Å². The van der Waals surface area contributed by atoms with Crippen LogP contribution in [0.2, 0.25) is 0 Å². The minimum Gasteiger partial charge on any atom is -0.309 e. The molecule has 0 aromatic heterocycles. The minimum absolute atomic E-state index is 0.318. The molecule has 0 radical (unpaired) electrons. The molecule has 0 aromatic rings. The van der Waals surface area contributed by atoms with E-state index in [1.54, 1.807) is 0 Å². The maximum absolute atomic E-state index is 5.83. The molecule has 0 aliphatic carbocycles. The summed E-state index contributed by atoms with van der Waals surface area (Å²) in [6.07, 6.45) is 1.97. The highest BCUT2D eigenvalue weighted by molar-refractivity contribution is 6.76. The van der Waals surface area contributed by atoms with Crippen molar-refractivity contribution >= 4 is 40.6 Å². The summed E-state index contributed by atoms with van der Waals surface area (Å²) < 4.78 is 0.434. The molecule has 0 bridgehead atoms. The predicted molar refractivity (Wildman–Crippen MR) is 72.9 cm³/mol. The smallest absolute Gasteiger partial charge is 0.295 e. The van der Waals surface area contributed by atoms with Gasteiger partial charge in [0.1, 0.15) is 0 Å². The third kappa shape index (κ3) is 6.79. The number of nitrogens with zero attached hydrogens (tertiary/aromatic N) is 2. The van der Waals surface area contributed by atoms with E-state index in [1.807, 2.05) is 18.7 Å². The number of amidine groups is 1. The van der Waals surface area contributed by atoms with Crippen molar-refractivity contribution in [3.05, 3.63) is 0 Å². The maximum Gasteiger partial charge on any atom is 0.295 e. The van der Waals surface area contributed by atoms with E-state index in [0.29, 0.717) is 5.84 Å². The number of alkyl halides is 3. The van der Waals surface area contributed by atoms with E-state index >= 15 is 0 Å². The van der Waals surface area contributed by atoms with E-state index < -0.39 is 3.79 Å². The van der Waals surface area contributed by atoms with Gasteiger partial charge in [0, 0.05) is 6.54 Å². The number of halogens is 3. The first-order chi connectivity index (χ1) is 7.29. The quantitative estimate of drug-likeness (QED) is 0.351. The molecule has 0 aliphatic heterocycles. The van der Waals surface area contributed by atoms with Crippen LogP contribution < -0.4 is 5.73 Å². The van der Waals surface area contributed by atoms with Gasteiger partial charge >= 0.3 is 0 Å². The van der Waals surface area contributed by atoms with Gasteiger partial charge in [-0.15, -0.1) is 0 Å². The van der Waals surface area contributed by atoms with Crippen LogP contribution in [0.4, 0.5) is 0 Å². The molecule has 0 saturated carbocycles. The molecule has 0 unspecified atom stereocenters. The summed E-state index contributed by atoms with van der Waals surface area (Å²) in [7, 11) is 4.07. The normalized spacial score (nSPS) is 14.2. The molecule has 96 valence electrons. The predicted octanol–water partition coefficient (Wildman–Crippen LogP) is 2.09. The van der Waals surface area contributed by atoms with Crippen LogP contribution >= 0.6 is 34.8 Å². The maximum atomic E-state index is 5.83. The second-order valence-electron chi connectivity index (χ2n) is 4.03. The average Bonchev–Trinajstić information content (AvgIpc) is 2.13. The topological polar surface area (TPSA) is 32.3 Å². The van der Waals surface area contributed by atoms with E-state index in [4.69, 9.17) is 40.5 Å². The molecule has 0 spiro atoms. The first-order valence-corrected chi connectivity index (χ1v) is 6.51. The molecule has 0 aromatic carbocycles. The molecule has 0 aliphatic rings. The third-order valence-electron chi connectivity index (χ3n) is 2.16. The van der Waals surface area contributed by atoms with Crippen LogP contribution in [-0.2, 0) is 0 Å². The first-order valence-electron chi connectivity index (χ1n) is 5.38. The Hall–Kier alpha value is 0.300. The fourth-order valence-electron chi connectivity index (χ4n) is 1.38. The molecule has 6 heteroatoms. The highest BCUT2D eigenvalue weighted by atomic mass is 35.6. The van der Waals surface area contributed by atoms with Crippen LogP contribution in [0.5, 0.6) is 0 Å². The third-order valence-corrected chi connectivity index (χ3v) is 2.74. The summed E-state index contributed by atoms with van der Waals surface area (Å²) in [5.74, 6) is 0.318. The minimum atomic E-state index is -1.51. The fourth-order valence-corrected chi connectivity index (χ4v) is 1.74. The van der Waals surface area contributed by atoms with Crippen LogP contribution in [0.3, 0.4) is 0 Å². The van der Waals surface area contributed by atoms with Crippen LogP contribution in [0.1, 0.15) is 19.8 Å². The Labute approximate surface area is 113 Å². The van der Waals surface area contributed by atoms with Crippen molar-refractivity contribution in [3.63, 3.8) is 0 Å². The Morgan fingerprint density at radius 1 is 1.25 bits per heavy atom. The molecular formula is C10H21Cl3N3+. The van der Waals surface area contributed by atoms with Gasteiger partial charge in [-0.05, 0) is 26.9 Å². The Morgan fingerprint density at radius 3 is 2.19 bits per heavy atom. The van der Waals surface area contributed by atoms with Crippen molar-refractivity contribution in [2.24, 2.45) is 5.73 Å². The summed E-state index contributed by atoms with van der Waals surface area (Å²) >= 11 is 17.3. The van der Waals surface area contributed by atoms with E-state index in [2.05, 4.69) is 11.8 Å². The lowest BCUT2D eigenvalue weighted by Gasteiger charge is -2.15. The monoisotopic (exact) mass is 288 g/mol. The molecule has 3 nitrogen and oxygen atoms in total. The van der Waals surface area contributed by atoms with Crippen LogP contribution in [-0.4, -0.2) is 52.8 Å². The summed E-state index contributed by atoms with van der Waals surface area (Å²) in [6, 6.07) is 0.